The van der Waals surface area contributed by atoms with Gasteiger partial charge in [-0.1, -0.05) is 48.0 Å². The molecular weight excluding hydrogens is 318 g/mol. The molecule has 2 aromatic carbocycles. The zero-order valence-electron chi connectivity index (χ0n) is 13.9. The molecule has 0 bridgehead atoms. The van der Waals surface area contributed by atoms with E-state index in [1.165, 1.54) is 4.90 Å². The molecule has 0 aliphatic carbocycles. The topological polar surface area (TPSA) is 74.7 Å². The van der Waals surface area contributed by atoms with Crippen molar-refractivity contribution in [2.75, 3.05) is 13.1 Å². The summed E-state index contributed by atoms with van der Waals surface area (Å²) in [6.07, 6.45) is 0.440. The third kappa shape index (κ3) is 3.45. The summed E-state index contributed by atoms with van der Waals surface area (Å²) in [5.41, 5.74) is 2.24. The van der Waals surface area contributed by atoms with Gasteiger partial charge in [0.25, 0.3) is 5.91 Å². The molecule has 128 valence electrons. The predicted octanol–water partition coefficient (Wildman–Crippen LogP) is 2.77. The smallest absolute Gasteiger partial charge is 0.308 e. The highest BCUT2D eigenvalue weighted by atomic mass is 16.4. The molecule has 3 rings (SSSR count). The van der Waals surface area contributed by atoms with E-state index in [0.29, 0.717) is 29.7 Å². The average Bonchev–Trinajstić information content (AvgIpc) is 3.11. The van der Waals surface area contributed by atoms with Crippen LogP contribution in [0.4, 0.5) is 0 Å². The first-order chi connectivity index (χ1) is 12.0. The van der Waals surface area contributed by atoms with Crippen LogP contribution in [-0.4, -0.2) is 40.8 Å². The molecule has 1 aliphatic heterocycles. The molecule has 5 heteroatoms. The summed E-state index contributed by atoms with van der Waals surface area (Å²) in [6.45, 7) is 2.52. The summed E-state index contributed by atoms with van der Waals surface area (Å²) in [5.74, 6) is -1.93. The van der Waals surface area contributed by atoms with Crippen molar-refractivity contribution in [3.05, 3.63) is 70.8 Å². The molecule has 0 aromatic heterocycles. The second kappa shape index (κ2) is 6.89. The number of likely N-dealkylation sites (tertiary alicyclic amines) is 1. The third-order valence-corrected chi connectivity index (χ3v) is 4.54. The van der Waals surface area contributed by atoms with Gasteiger partial charge in [0.05, 0.1) is 11.5 Å². The van der Waals surface area contributed by atoms with Crippen LogP contribution in [0.5, 0.6) is 0 Å². The van der Waals surface area contributed by atoms with Crippen molar-refractivity contribution in [2.45, 2.75) is 13.3 Å². The first-order valence-corrected chi connectivity index (χ1v) is 8.20. The van der Waals surface area contributed by atoms with Crippen molar-refractivity contribution in [1.82, 2.24) is 4.90 Å². The molecule has 5 nitrogen and oxygen atoms in total. The van der Waals surface area contributed by atoms with Crippen LogP contribution in [0.15, 0.2) is 48.5 Å². The number of nitrogens with zero attached hydrogens (tertiary/aromatic N) is 1. The number of rotatable bonds is 4. The molecule has 1 N–H and O–H groups in total. The number of aliphatic carboxylic acids is 1. The standard InChI is InChI=1S/C20H19NO4/c1-13-6-8-14(9-7-13)18(22)16-4-2-3-5-17(16)19(23)21-11-10-15(12-21)20(24)25/h2-9,15H,10-12H2,1H3,(H,24,25)/t15-/m1/s1. The summed E-state index contributed by atoms with van der Waals surface area (Å²) in [6, 6.07) is 13.9. The molecule has 0 spiro atoms. The molecule has 0 radical (unpaired) electrons. The summed E-state index contributed by atoms with van der Waals surface area (Å²) in [5, 5.41) is 9.11. The Morgan fingerprint density at radius 2 is 1.64 bits per heavy atom. The molecule has 1 atom stereocenters. The van der Waals surface area contributed by atoms with Crippen LogP contribution in [0.2, 0.25) is 0 Å². The van der Waals surface area contributed by atoms with E-state index < -0.39 is 11.9 Å². The maximum Gasteiger partial charge on any atom is 0.308 e. The number of aryl methyl sites for hydroxylation is 1. The van der Waals surface area contributed by atoms with Crippen LogP contribution >= 0.6 is 0 Å². The van der Waals surface area contributed by atoms with E-state index in [1.807, 2.05) is 19.1 Å². The predicted molar refractivity (Wildman–Crippen MR) is 92.7 cm³/mol. The molecule has 1 amide bonds. The number of hydrogen-bond acceptors (Lipinski definition) is 3. The molecule has 1 saturated heterocycles. The fourth-order valence-corrected chi connectivity index (χ4v) is 3.04. The van der Waals surface area contributed by atoms with Gasteiger partial charge in [0.15, 0.2) is 5.78 Å². The van der Waals surface area contributed by atoms with Gasteiger partial charge in [0, 0.05) is 24.2 Å². The van der Waals surface area contributed by atoms with Gasteiger partial charge in [-0.25, -0.2) is 0 Å². The molecule has 2 aromatic rings. The van der Waals surface area contributed by atoms with E-state index in [4.69, 9.17) is 5.11 Å². The molecule has 0 saturated carbocycles. The first kappa shape index (κ1) is 16.9. The Balaban J connectivity index is 1.88. The maximum atomic E-state index is 12.8. The summed E-state index contributed by atoms with van der Waals surface area (Å²) < 4.78 is 0. The van der Waals surface area contributed by atoms with E-state index in [9.17, 15) is 14.4 Å². The Hall–Kier alpha value is -2.95. The number of carbonyl (C=O) groups is 3. The molecule has 1 fully saturated rings. The highest BCUT2D eigenvalue weighted by Gasteiger charge is 2.32. The van der Waals surface area contributed by atoms with E-state index >= 15 is 0 Å². The third-order valence-electron chi connectivity index (χ3n) is 4.54. The number of ketones is 1. The first-order valence-electron chi connectivity index (χ1n) is 8.20. The lowest BCUT2D eigenvalue weighted by atomic mass is 9.97. The highest BCUT2D eigenvalue weighted by molar-refractivity contribution is 6.15. The minimum atomic E-state index is -0.890. The van der Waals surface area contributed by atoms with Crippen molar-refractivity contribution in [3.8, 4) is 0 Å². The van der Waals surface area contributed by atoms with Crippen molar-refractivity contribution in [1.29, 1.82) is 0 Å². The molecule has 25 heavy (non-hydrogen) atoms. The van der Waals surface area contributed by atoms with Crippen molar-refractivity contribution < 1.29 is 19.5 Å². The molecule has 0 unspecified atom stereocenters. The summed E-state index contributed by atoms with van der Waals surface area (Å²) in [4.78, 5) is 38.2. The lowest BCUT2D eigenvalue weighted by Crippen LogP contribution is -2.31. The summed E-state index contributed by atoms with van der Waals surface area (Å²) >= 11 is 0. The van der Waals surface area contributed by atoms with Gasteiger partial charge >= 0.3 is 5.97 Å². The zero-order chi connectivity index (χ0) is 18.0. The van der Waals surface area contributed by atoms with Gasteiger partial charge in [-0.05, 0) is 19.4 Å². The van der Waals surface area contributed by atoms with Crippen LogP contribution in [0.1, 0.15) is 38.3 Å². The second-order valence-corrected chi connectivity index (χ2v) is 6.32. The van der Waals surface area contributed by atoms with Crippen molar-refractivity contribution in [2.24, 2.45) is 5.92 Å². The molecular formula is C20H19NO4. The lowest BCUT2D eigenvalue weighted by Gasteiger charge is -2.17. The number of carboxylic acid groups (broad SMARTS) is 1. The monoisotopic (exact) mass is 337 g/mol. The number of carboxylic acids is 1. The number of carbonyl (C=O) groups excluding carboxylic acids is 2. The second-order valence-electron chi connectivity index (χ2n) is 6.32. The highest BCUT2D eigenvalue weighted by Crippen LogP contribution is 2.22. The van der Waals surface area contributed by atoms with Gasteiger partial charge in [0.1, 0.15) is 0 Å². The van der Waals surface area contributed by atoms with Crippen molar-refractivity contribution >= 4 is 17.7 Å². The number of amides is 1. The minimum absolute atomic E-state index is 0.182. The van der Waals surface area contributed by atoms with Crippen LogP contribution in [0.25, 0.3) is 0 Å². The van der Waals surface area contributed by atoms with Crippen LogP contribution < -0.4 is 0 Å². The maximum absolute atomic E-state index is 12.8. The fraction of sp³-hybridized carbons (Fsp3) is 0.250. The Morgan fingerprint density at radius 1 is 1.00 bits per heavy atom. The SMILES string of the molecule is Cc1ccc(C(=O)c2ccccc2C(=O)N2CC[C@@H](C(=O)O)C2)cc1. The Morgan fingerprint density at radius 3 is 2.24 bits per heavy atom. The van der Waals surface area contributed by atoms with E-state index in [1.54, 1.807) is 36.4 Å². The van der Waals surface area contributed by atoms with E-state index in [-0.39, 0.29) is 18.2 Å². The van der Waals surface area contributed by atoms with Gasteiger partial charge < -0.3 is 10.0 Å². The van der Waals surface area contributed by atoms with Crippen LogP contribution in [-0.2, 0) is 4.79 Å². The van der Waals surface area contributed by atoms with Gasteiger partial charge in [-0.15, -0.1) is 0 Å². The number of hydrogen-bond donors (Lipinski definition) is 1. The van der Waals surface area contributed by atoms with Crippen LogP contribution in [0, 0.1) is 12.8 Å². The van der Waals surface area contributed by atoms with Crippen molar-refractivity contribution in [3.63, 3.8) is 0 Å². The Kier molecular flexibility index (Phi) is 4.65. The lowest BCUT2D eigenvalue weighted by molar-refractivity contribution is -0.141. The number of benzene rings is 2. The largest absolute Gasteiger partial charge is 0.481 e. The van der Waals surface area contributed by atoms with E-state index in [2.05, 4.69) is 0 Å². The Labute approximate surface area is 145 Å². The summed E-state index contributed by atoms with van der Waals surface area (Å²) in [7, 11) is 0. The average molecular weight is 337 g/mol. The quantitative estimate of drug-likeness (QED) is 0.871. The van der Waals surface area contributed by atoms with Gasteiger partial charge in [0.2, 0.25) is 0 Å². The van der Waals surface area contributed by atoms with Gasteiger partial charge in [-0.3, -0.25) is 14.4 Å². The minimum Gasteiger partial charge on any atom is -0.481 e. The molecule has 1 heterocycles. The van der Waals surface area contributed by atoms with Crippen LogP contribution in [0.3, 0.4) is 0 Å². The fourth-order valence-electron chi connectivity index (χ4n) is 3.04. The zero-order valence-corrected chi connectivity index (χ0v) is 13.9. The van der Waals surface area contributed by atoms with E-state index in [0.717, 1.165) is 5.56 Å². The van der Waals surface area contributed by atoms with Gasteiger partial charge in [-0.2, -0.15) is 0 Å². The Bertz CT molecular complexity index is 826. The normalized spacial score (nSPS) is 16.7. The molecule has 1 aliphatic rings.